The molecule has 0 fully saturated rings. The second-order valence-electron chi connectivity index (χ2n) is 13.4. The van der Waals surface area contributed by atoms with Crippen molar-refractivity contribution in [1.82, 2.24) is 0 Å². The molecule has 4 heteroatoms. The second-order valence-corrected chi connectivity index (χ2v) is 13.4. The summed E-state index contributed by atoms with van der Waals surface area (Å²) in [5.41, 5.74) is 0.829. The molecule has 4 nitrogen and oxygen atoms in total. The Bertz CT molecular complexity index is 1740. The van der Waals surface area contributed by atoms with Crippen molar-refractivity contribution in [2.45, 2.75) is 71.0 Å². The summed E-state index contributed by atoms with van der Waals surface area (Å²) in [6, 6.07) is 38.1. The van der Waals surface area contributed by atoms with Gasteiger partial charge in [0.25, 0.3) is 0 Å². The van der Waals surface area contributed by atoms with Crippen LogP contribution in [-0.2, 0) is 30.9 Å². The maximum Gasteiger partial charge on any atom is 0.179 e. The van der Waals surface area contributed by atoms with Crippen molar-refractivity contribution in [3.05, 3.63) is 132 Å². The van der Waals surface area contributed by atoms with Crippen LogP contribution in [-0.4, -0.2) is 37.5 Å². The fourth-order valence-electron chi connectivity index (χ4n) is 6.49. The van der Waals surface area contributed by atoms with Crippen LogP contribution in [0.15, 0.2) is 115 Å². The Labute approximate surface area is 273 Å². The molecule has 0 aromatic heterocycles. The van der Waals surface area contributed by atoms with Crippen molar-refractivity contribution >= 4 is 33.6 Å². The molecule has 0 aliphatic carbocycles. The lowest BCUT2D eigenvalue weighted by molar-refractivity contribution is -0.145. The average Bonchev–Trinajstić information content (AvgIpc) is 3.08. The number of Topliss-reactive ketones (excluding diaryl/α,β-unsaturated/α-hetero) is 1. The maximum atomic E-state index is 15.8. The van der Waals surface area contributed by atoms with E-state index in [1.54, 1.807) is 0 Å². The summed E-state index contributed by atoms with van der Waals surface area (Å²) in [6.07, 6.45) is 2.06. The van der Waals surface area contributed by atoms with Gasteiger partial charge in [0.15, 0.2) is 12.1 Å². The van der Waals surface area contributed by atoms with Crippen molar-refractivity contribution in [1.29, 1.82) is 0 Å². The molecule has 0 spiro atoms. The number of unbranched alkanes of at least 4 members (excludes halogenated alkanes) is 2. The quantitative estimate of drug-likeness (QED) is 0.0871. The van der Waals surface area contributed by atoms with Gasteiger partial charge in [-0.2, -0.15) is 0 Å². The van der Waals surface area contributed by atoms with Gasteiger partial charge in [-0.15, -0.1) is 0 Å². The summed E-state index contributed by atoms with van der Waals surface area (Å²) in [6.45, 7) is 9.19. The smallest absolute Gasteiger partial charge is 0.179 e. The maximum absolute atomic E-state index is 15.8. The molecular formula is C42H46O4. The lowest BCUT2D eigenvalue weighted by Gasteiger charge is -2.41. The average molecular weight is 615 g/mol. The zero-order chi connectivity index (χ0) is 32.6. The van der Waals surface area contributed by atoms with Crippen LogP contribution in [0, 0.1) is 5.41 Å². The second kappa shape index (κ2) is 15.0. The van der Waals surface area contributed by atoms with Gasteiger partial charge >= 0.3 is 0 Å². The van der Waals surface area contributed by atoms with Crippen LogP contribution in [0.3, 0.4) is 0 Å². The number of fused-ring (bicyclic) bond motifs is 2. The minimum Gasteiger partial charge on any atom is -0.369 e. The summed E-state index contributed by atoms with van der Waals surface area (Å²) in [7, 11) is 0. The van der Waals surface area contributed by atoms with Crippen molar-refractivity contribution in [3.8, 4) is 0 Å². The monoisotopic (exact) mass is 614 g/mol. The van der Waals surface area contributed by atoms with Crippen molar-refractivity contribution in [2.75, 3.05) is 13.2 Å². The van der Waals surface area contributed by atoms with Crippen LogP contribution in [0.4, 0.5) is 0 Å². The number of ether oxygens (including phenoxy) is 2. The number of carbonyl (C=O) groups excluding carboxylic acids is 2. The summed E-state index contributed by atoms with van der Waals surface area (Å²) in [5, 5.41) is 4.09. The molecule has 0 heterocycles. The number of carbonyl (C=O) groups is 2. The molecule has 0 aliphatic rings. The van der Waals surface area contributed by atoms with E-state index in [0.29, 0.717) is 25.2 Å². The van der Waals surface area contributed by atoms with E-state index >= 15 is 4.79 Å². The van der Waals surface area contributed by atoms with E-state index in [4.69, 9.17) is 9.47 Å². The fraction of sp³-hybridized carbons (Fsp3) is 0.333. The fourth-order valence-corrected chi connectivity index (χ4v) is 6.49. The molecule has 3 unspecified atom stereocenters. The van der Waals surface area contributed by atoms with Gasteiger partial charge in [-0.1, -0.05) is 156 Å². The highest BCUT2D eigenvalue weighted by molar-refractivity contribution is 6.05. The van der Waals surface area contributed by atoms with Gasteiger partial charge in [-0.25, -0.2) is 0 Å². The van der Waals surface area contributed by atoms with Crippen molar-refractivity contribution < 1.29 is 19.1 Å². The number of hydrogen-bond donors (Lipinski definition) is 0. The number of ketones is 1. The molecular weight excluding hydrogens is 568 g/mol. The van der Waals surface area contributed by atoms with Gasteiger partial charge < -0.3 is 14.3 Å². The molecule has 5 rings (SSSR count). The first kappa shape index (κ1) is 33.2. The molecule has 5 aromatic carbocycles. The van der Waals surface area contributed by atoms with E-state index in [9.17, 15) is 4.79 Å². The van der Waals surface area contributed by atoms with E-state index in [2.05, 4.69) is 52.0 Å². The number of aldehydes is 1. The zero-order valence-electron chi connectivity index (χ0n) is 27.6. The number of hydrogen-bond acceptors (Lipinski definition) is 4. The summed E-state index contributed by atoms with van der Waals surface area (Å²) in [5.74, 6) is -0.181. The van der Waals surface area contributed by atoms with Gasteiger partial charge in [0.1, 0.15) is 17.6 Å². The van der Waals surface area contributed by atoms with Gasteiger partial charge in [0, 0.05) is 13.0 Å². The van der Waals surface area contributed by atoms with Gasteiger partial charge in [-0.3, -0.25) is 4.79 Å². The molecule has 238 valence electrons. The number of benzene rings is 5. The predicted molar refractivity (Wildman–Crippen MR) is 188 cm³/mol. The highest BCUT2D eigenvalue weighted by Gasteiger charge is 2.53. The Morgan fingerprint density at radius 2 is 1.33 bits per heavy atom. The van der Waals surface area contributed by atoms with Crippen LogP contribution in [0.2, 0.25) is 0 Å². The molecule has 0 amide bonds. The van der Waals surface area contributed by atoms with Crippen LogP contribution in [0.1, 0.15) is 63.6 Å². The first-order chi connectivity index (χ1) is 22.3. The molecule has 0 saturated carbocycles. The molecule has 5 aromatic rings. The largest absolute Gasteiger partial charge is 0.369 e. The van der Waals surface area contributed by atoms with Gasteiger partial charge in [-0.05, 0) is 50.1 Å². The van der Waals surface area contributed by atoms with E-state index in [1.165, 1.54) is 0 Å². The van der Waals surface area contributed by atoms with Crippen LogP contribution < -0.4 is 0 Å². The Kier molecular flexibility index (Phi) is 10.8. The first-order valence-electron chi connectivity index (χ1n) is 16.5. The lowest BCUT2D eigenvalue weighted by Crippen LogP contribution is -2.55. The molecule has 0 N–H and O–H groups in total. The Morgan fingerprint density at radius 1 is 0.717 bits per heavy atom. The highest BCUT2D eigenvalue weighted by atomic mass is 16.5. The summed E-state index contributed by atoms with van der Waals surface area (Å²) < 4.78 is 13.2. The van der Waals surface area contributed by atoms with E-state index in [-0.39, 0.29) is 11.2 Å². The Hall–Kier alpha value is -4.12. The minimum atomic E-state index is -1.47. The Balaban J connectivity index is 1.77. The first-order valence-corrected chi connectivity index (χ1v) is 16.5. The summed E-state index contributed by atoms with van der Waals surface area (Å²) >= 11 is 0. The molecule has 3 atom stereocenters. The molecule has 46 heavy (non-hydrogen) atoms. The standard InChI is InChI=1S/C42H46O4/c1-5-6-14-27-45-39(29-43)42(34-22-8-7-9-23-34,37-26-16-20-32-18-11-13-25-36(32)37)40(44)38(46-30-41(2,3)4)28-33-21-15-19-31-17-10-12-24-35(31)33/h7-13,15-26,29,38-39H,5-6,14,27-28,30H2,1-4H3. The number of rotatable bonds is 15. The topological polar surface area (TPSA) is 52.6 Å². The third-order valence-corrected chi connectivity index (χ3v) is 8.72. The van der Waals surface area contributed by atoms with E-state index in [1.807, 2.05) is 91.0 Å². The normalized spacial score (nSPS) is 14.5. The van der Waals surface area contributed by atoms with E-state index in [0.717, 1.165) is 58.2 Å². The Morgan fingerprint density at radius 3 is 2.00 bits per heavy atom. The predicted octanol–water partition coefficient (Wildman–Crippen LogP) is 9.30. The van der Waals surface area contributed by atoms with Crippen LogP contribution >= 0.6 is 0 Å². The highest BCUT2D eigenvalue weighted by Crippen LogP contribution is 2.43. The summed E-state index contributed by atoms with van der Waals surface area (Å²) in [4.78, 5) is 29.2. The van der Waals surface area contributed by atoms with Gasteiger partial charge in [0.2, 0.25) is 0 Å². The zero-order valence-corrected chi connectivity index (χ0v) is 27.6. The third kappa shape index (κ3) is 7.14. The molecule has 0 saturated heterocycles. The lowest BCUT2D eigenvalue weighted by atomic mass is 9.64. The third-order valence-electron chi connectivity index (χ3n) is 8.72. The SMILES string of the molecule is CCCCCOC(C=O)C(C(=O)C(Cc1cccc2ccccc12)OCC(C)(C)C)(c1ccccc1)c1cccc2ccccc12. The molecule has 0 bridgehead atoms. The van der Waals surface area contributed by atoms with Crippen LogP contribution in [0.5, 0.6) is 0 Å². The van der Waals surface area contributed by atoms with E-state index < -0.39 is 17.6 Å². The minimum absolute atomic E-state index is 0.181. The van der Waals surface area contributed by atoms with Crippen molar-refractivity contribution in [3.63, 3.8) is 0 Å². The van der Waals surface area contributed by atoms with Crippen LogP contribution in [0.25, 0.3) is 21.5 Å². The van der Waals surface area contributed by atoms with Crippen molar-refractivity contribution in [2.24, 2.45) is 5.41 Å². The molecule has 0 aliphatic heterocycles. The molecule has 0 radical (unpaired) electrons. The van der Waals surface area contributed by atoms with Gasteiger partial charge in [0.05, 0.1) is 6.61 Å².